The van der Waals surface area contributed by atoms with Gasteiger partial charge in [0.25, 0.3) is 5.91 Å². The Balaban J connectivity index is 0.000000398. The van der Waals surface area contributed by atoms with Gasteiger partial charge in [0.1, 0.15) is 41.4 Å². The fraction of sp³-hybridized carbons (Fsp3) is 0.208. The van der Waals surface area contributed by atoms with Crippen molar-refractivity contribution in [2.24, 2.45) is 5.11 Å². The van der Waals surface area contributed by atoms with Gasteiger partial charge in [0, 0.05) is 55.3 Å². The van der Waals surface area contributed by atoms with Crippen LogP contribution in [0.25, 0.3) is 32.0 Å². The molecule has 0 aliphatic carbocycles. The van der Waals surface area contributed by atoms with Crippen LogP contribution < -0.4 is 16.0 Å². The number of fused-ring (bicyclic) bond motifs is 2. The number of aliphatic hydroxyl groups excluding tert-OH is 1. The lowest BCUT2D eigenvalue weighted by Gasteiger charge is -2.27. The van der Waals surface area contributed by atoms with E-state index in [-0.39, 0.29) is 86.9 Å². The van der Waals surface area contributed by atoms with Crippen molar-refractivity contribution in [1.82, 2.24) is 30.4 Å². The molecular formula is C48H50Cl2F4N10O6S2. The fourth-order valence-corrected chi connectivity index (χ4v) is 6.57. The minimum Gasteiger partial charge on any atom is -0.447 e. The maximum atomic E-state index is 13.6. The van der Waals surface area contributed by atoms with Gasteiger partial charge in [0.2, 0.25) is 0 Å². The molecule has 0 aliphatic rings. The number of hydrogen-bond donors (Lipinski definition) is 4. The van der Waals surface area contributed by atoms with E-state index in [1.165, 1.54) is 89.9 Å². The molecule has 16 nitrogen and oxygen atoms in total. The van der Waals surface area contributed by atoms with Gasteiger partial charge >= 0.3 is 18.2 Å². The highest BCUT2D eigenvalue weighted by Gasteiger charge is 2.22. The van der Waals surface area contributed by atoms with Gasteiger partial charge in [-0.25, -0.2) is 36.9 Å². The number of carbonyl (C=O) groups excluding carboxylic acids is 4. The summed E-state index contributed by atoms with van der Waals surface area (Å²) in [5.41, 5.74) is 9.03. The smallest absolute Gasteiger partial charge is 0.412 e. The van der Waals surface area contributed by atoms with Gasteiger partial charge in [0.15, 0.2) is 0 Å². The maximum absolute atomic E-state index is 13.6. The molecule has 4 N–H and O–H groups in total. The van der Waals surface area contributed by atoms with Crippen molar-refractivity contribution < 1.29 is 46.6 Å². The highest BCUT2D eigenvalue weighted by molar-refractivity contribution is 7.59. The van der Waals surface area contributed by atoms with Crippen LogP contribution in [0.4, 0.5) is 37.8 Å². The predicted molar refractivity (Wildman–Crippen MR) is 280 cm³/mol. The Morgan fingerprint density at radius 2 is 1.24 bits per heavy atom. The maximum Gasteiger partial charge on any atom is 0.412 e. The van der Waals surface area contributed by atoms with E-state index in [1.54, 1.807) is 43.5 Å². The normalized spacial score (nSPS) is 10.9. The molecule has 4 aromatic carbocycles. The summed E-state index contributed by atoms with van der Waals surface area (Å²) >= 11 is 11.7. The number of aliphatic hydroxyl groups is 1. The summed E-state index contributed by atoms with van der Waals surface area (Å²) in [7, 11) is 3.12. The number of benzene rings is 4. The van der Waals surface area contributed by atoms with Crippen LogP contribution in [0.1, 0.15) is 34.5 Å². The summed E-state index contributed by atoms with van der Waals surface area (Å²) in [4.78, 5) is 61.0. The van der Waals surface area contributed by atoms with Gasteiger partial charge in [-0.2, -0.15) is 27.0 Å². The SMILES string of the molecule is C=CC[C@@H](CO)N(C)C(=O)NCc1cccc(F)c1Cl.C=CC[C@@H](COC(=O)Nc1cc2cc(F)ccc2cn1)N(C)C(=O)NCc1cccc(F)c1Cl.S.S.[N-]=[N+]=NC(=O)c1cc2cc(F)ccc2cn1. The van der Waals surface area contributed by atoms with E-state index in [9.17, 15) is 41.8 Å². The number of anilines is 1. The Bertz CT molecular complexity index is 2910. The standard InChI is InChI=1S/C24H23ClF2N4O3.C14H18ClFN2O2.C10H5FN4O.2H2S/c1-3-5-19(31(2)23(32)29-13-16-6-4-7-20(27)22(16)25)14-34-24(33)30-21-11-17-10-18(26)9-8-15(17)12-28-21;1-3-5-11(9-19)18(2)14(20)17-8-10-6-4-7-12(16)13(10)15;11-8-2-1-6-5-13-9(4-7(6)3-8)10(16)14-15-12;;/h3-4,6-12,19H,1,5,13-14H2,2H3,(H,29,32)(H,28,30,33);3-4,6-7,11,19H,1,5,8-9H2,2H3,(H,17,20);1-5H;2*1H2/t19-;11-;;;/m00.../s1. The second kappa shape index (κ2) is 30.6. The lowest BCUT2D eigenvalue weighted by atomic mass is 10.1. The predicted octanol–water partition coefficient (Wildman–Crippen LogP) is 11.1. The van der Waals surface area contributed by atoms with Crippen LogP contribution >= 0.6 is 50.2 Å². The lowest BCUT2D eigenvalue weighted by molar-refractivity contribution is 0.0995. The molecule has 6 rings (SSSR count). The molecule has 2 aromatic heterocycles. The molecular weight excluding hydrogens is 1020 g/mol. The second-order valence-corrected chi connectivity index (χ2v) is 15.6. The third kappa shape index (κ3) is 18.3. The summed E-state index contributed by atoms with van der Waals surface area (Å²) in [5.74, 6) is -2.49. The van der Waals surface area contributed by atoms with Crippen LogP contribution in [0.3, 0.4) is 0 Å². The number of hydrogen-bond acceptors (Lipinski definition) is 8. The van der Waals surface area contributed by atoms with Crippen LogP contribution in [0, 0.1) is 23.3 Å². The Hall–Kier alpha value is -7.07. The van der Waals surface area contributed by atoms with Gasteiger partial charge in [-0.3, -0.25) is 15.1 Å². The van der Waals surface area contributed by atoms with Gasteiger partial charge in [0.05, 0.1) is 28.7 Å². The first-order valence-corrected chi connectivity index (χ1v) is 21.6. The van der Waals surface area contributed by atoms with E-state index in [4.69, 9.17) is 33.5 Å². The van der Waals surface area contributed by atoms with E-state index in [0.717, 1.165) is 5.39 Å². The van der Waals surface area contributed by atoms with Crippen molar-refractivity contribution in [2.75, 3.05) is 32.6 Å². The zero-order valence-electron chi connectivity index (χ0n) is 38.6. The van der Waals surface area contributed by atoms with Crippen molar-refractivity contribution in [2.45, 2.75) is 38.0 Å². The van der Waals surface area contributed by atoms with Crippen LogP contribution in [0.2, 0.25) is 10.0 Å². The van der Waals surface area contributed by atoms with E-state index in [2.05, 4.69) is 49.1 Å². The molecule has 0 radical (unpaired) electrons. The van der Waals surface area contributed by atoms with Gasteiger partial charge in [-0.15, -0.1) is 13.2 Å². The average molecular weight is 1070 g/mol. The third-order valence-corrected chi connectivity index (χ3v) is 11.0. The molecule has 382 valence electrons. The third-order valence-electron chi connectivity index (χ3n) is 10.1. The quantitative estimate of drug-likeness (QED) is 0.0255. The molecule has 0 fully saturated rings. The van der Waals surface area contributed by atoms with Crippen molar-refractivity contribution in [3.8, 4) is 0 Å². The molecule has 6 aromatic rings. The first-order chi connectivity index (χ1) is 33.5. The monoisotopic (exact) mass is 1070 g/mol. The highest BCUT2D eigenvalue weighted by atomic mass is 35.5. The average Bonchev–Trinajstić information content (AvgIpc) is 3.34. The number of azide groups is 1. The molecule has 24 heteroatoms. The lowest BCUT2D eigenvalue weighted by Crippen LogP contribution is -2.45. The molecule has 2 atom stereocenters. The number of urea groups is 2. The highest BCUT2D eigenvalue weighted by Crippen LogP contribution is 2.22. The summed E-state index contributed by atoms with van der Waals surface area (Å²) < 4.78 is 58.5. The van der Waals surface area contributed by atoms with Gasteiger partial charge in [-0.1, -0.05) is 59.6 Å². The Morgan fingerprint density at radius 3 is 1.74 bits per heavy atom. The van der Waals surface area contributed by atoms with E-state index < -0.39 is 47.3 Å². The Kier molecular flexibility index (Phi) is 26.0. The number of pyridine rings is 2. The molecule has 72 heavy (non-hydrogen) atoms. The van der Waals surface area contributed by atoms with Gasteiger partial charge in [-0.05, 0) is 106 Å². The molecule has 0 unspecified atom stereocenters. The first kappa shape index (κ1) is 61.1. The number of halogens is 6. The molecule has 0 aliphatic heterocycles. The zero-order chi connectivity index (χ0) is 51.3. The number of likely N-dealkylation sites (N-methyl/N-ethyl adjacent to an activating group) is 2. The Labute approximate surface area is 435 Å². The van der Waals surface area contributed by atoms with Crippen molar-refractivity contribution >= 4 is 102 Å². The number of amides is 6. The van der Waals surface area contributed by atoms with Crippen LogP contribution in [0.5, 0.6) is 0 Å². The molecule has 0 spiro atoms. The minimum atomic E-state index is -0.784. The van der Waals surface area contributed by atoms with Crippen LogP contribution in [-0.2, 0) is 17.8 Å². The molecule has 0 saturated heterocycles. The van der Waals surface area contributed by atoms with Gasteiger partial charge < -0.3 is 30.3 Å². The number of ether oxygens (including phenoxy) is 1. The first-order valence-electron chi connectivity index (χ1n) is 20.8. The number of carbonyl (C=O) groups is 4. The van der Waals surface area contributed by atoms with E-state index in [0.29, 0.717) is 40.1 Å². The number of aromatic nitrogens is 2. The van der Waals surface area contributed by atoms with E-state index >= 15 is 0 Å². The molecule has 0 bridgehead atoms. The van der Waals surface area contributed by atoms with Crippen LogP contribution in [0.15, 0.2) is 128 Å². The zero-order valence-corrected chi connectivity index (χ0v) is 42.1. The summed E-state index contributed by atoms with van der Waals surface area (Å²) in [6.07, 6.45) is 6.22. The molecule has 6 amide bonds. The molecule has 0 saturated carbocycles. The van der Waals surface area contributed by atoms with Crippen LogP contribution in [-0.4, -0.2) is 88.3 Å². The minimum absolute atomic E-state index is 0. The van der Waals surface area contributed by atoms with E-state index in [1.807, 2.05) is 0 Å². The molecule has 2 heterocycles. The van der Waals surface area contributed by atoms with Crippen molar-refractivity contribution in [3.05, 3.63) is 183 Å². The largest absolute Gasteiger partial charge is 0.447 e. The fourth-order valence-electron chi connectivity index (χ4n) is 6.18. The van der Waals surface area contributed by atoms with Crippen molar-refractivity contribution in [3.63, 3.8) is 0 Å². The second-order valence-electron chi connectivity index (χ2n) is 14.8. The number of rotatable bonds is 15. The Morgan fingerprint density at radius 1 is 0.750 bits per heavy atom. The summed E-state index contributed by atoms with van der Waals surface area (Å²) in [5, 5.41) is 22.4. The topological polar surface area (TPSA) is 215 Å². The summed E-state index contributed by atoms with van der Waals surface area (Å²) in [6, 6.07) is 18.4. The number of nitrogens with one attached hydrogen (secondary N) is 3. The number of nitrogens with zero attached hydrogens (tertiary/aromatic N) is 7. The van der Waals surface area contributed by atoms with Crippen molar-refractivity contribution in [1.29, 1.82) is 0 Å². The summed E-state index contributed by atoms with van der Waals surface area (Å²) in [6.45, 7) is 7.11.